The molecule has 0 bridgehead atoms. The molecule has 138 valence electrons. The van der Waals surface area contributed by atoms with E-state index in [-0.39, 0.29) is 6.61 Å². The van der Waals surface area contributed by atoms with Gasteiger partial charge in [0.1, 0.15) is 12.2 Å². The second kappa shape index (κ2) is 8.11. The van der Waals surface area contributed by atoms with Crippen molar-refractivity contribution in [3.8, 4) is 0 Å². The lowest BCUT2D eigenvalue weighted by atomic mass is 9.96. The maximum absolute atomic E-state index is 12.3. The van der Waals surface area contributed by atoms with E-state index < -0.39 is 35.1 Å². The molecule has 0 aliphatic carbocycles. The minimum absolute atomic E-state index is 0.0724. The van der Waals surface area contributed by atoms with Gasteiger partial charge in [-0.25, -0.2) is 9.59 Å². The highest BCUT2D eigenvalue weighted by molar-refractivity contribution is 6.09. The van der Waals surface area contributed by atoms with Gasteiger partial charge in [-0.2, -0.15) is 0 Å². The summed E-state index contributed by atoms with van der Waals surface area (Å²) in [5.41, 5.74) is -2.40. The molecule has 1 aromatic rings. The molecule has 2 N–H and O–H groups in total. The number of carbonyl (C=O) groups is 3. The molecule has 7 nitrogen and oxygen atoms in total. The molecule has 1 unspecified atom stereocenters. The zero-order valence-electron chi connectivity index (χ0n) is 15.2. The van der Waals surface area contributed by atoms with Crippen LogP contribution in [-0.4, -0.2) is 40.2 Å². The van der Waals surface area contributed by atoms with E-state index in [1.807, 2.05) is 6.07 Å². The van der Waals surface area contributed by atoms with Gasteiger partial charge in [-0.1, -0.05) is 30.3 Å². The predicted molar refractivity (Wildman–Crippen MR) is 90.7 cm³/mol. The lowest BCUT2D eigenvalue weighted by Gasteiger charge is -2.25. The van der Waals surface area contributed by atoms with Crippen LogP contribution in [0.4, 0.5) is 4.79 Å². The van der Waals surface area contributed by atoms with Crippen LogP contribution in [-0.2, 0) is 25.7 Å². The van der Waals surface area contributed by atoms with E-state index in [0.717, 1.165) is 12.5 Å². The van der Waals surface area contributed by atoms with Crippen LogP contribution in [0.5, 0.6) is 0 Å². The van der Waals surface area contributed by atoms with Gasteiger partial charge in [0.2, 0.25) is 5.60 Å². The predicted octanol–water partition coefficient (Wildman–Crippen LogP) is 1.96. The van der Waals surface area contributed by atoms with Gasteiger partial charge in [-0.3, -0.25) is 4.79 Å². The average molecular weight is 351 g/mol. The fourth-order valence-electron chi connectivity index (χ4n) is 1.94. The van der Waals surface area contributed by atoms with Crippen LogP contribution in [0.3, 0.4) is 0 Å². The van der Waals surface area contributed by atoms with E-state index >= 15 is 0 Å². The SMILES string of the molecule is C[C@H](NC(=O)OC(C)(C)C)C(=O)C(C)(O)C(=O)OCc1ccccc1. The molecule has 0 radical (unpaired) electrons. The van der Waals surface area contributed by atoms with Crippen LogP contribution in [0, 0.1) is 0 Å². The Bertz CT molecular complexity index is 618. The van der Waals surface area contributed by atoms with Crippen molar-refractivity contribution in [1.82, 2.24) is 5.32 Å². The Morgan fingerprint density at radius 3 is 2.20 bits per heavy atom. The Labute approximate surface area is 147 Å². The molecule has 25 heavy (non-hydrogen) atoms. The number of amides is 1. The Kier molecular flexibility index (Phi) is 6.70. The molecular weight excluding hydrogens is 326 g/mol. The van der Waals surface area contributed by atoms with Crippen molar-refractivity contribution in [1.29, 1.82) is 0 Å². The van der Waals surface area contributed by atoms with Crippen molar-refractivity contribution in [2.45, 2.75) is 58.5 Å². The molecule has 1 rings (SSSR count). The van der Waals surface area contributed by atoms with E-state index in [0.29, 0.717) is 0 Å². The lowest BCUT2D eigenvalue weighted by Crippen LogP contribution is -2.54. The zero-order chi connectivity index (χ0) is 19.3. The first kappa shape index (κ1) is 20.6. The van der Waals surface area contributed by atoms with Gasteiger partial charge in [0, 0.05) is 0 Å². The second-order valence-corrected chi connectivity index (χ2v) is 6.87. The van der Waals surface area contributed by atoms with Crippen molar-refractivity contribution in [2.24, 2.45) is 0 Å². The standard InChI is InChI=1S/C18H25NO6/c1-12(19-16(22)25-17(2,3)4)14(20)18(5,23)15(21)24-11-13-9-7-6-8-10-13/h6-10,12,23H,11H2,1-5H3,(H,19,22)/t12-,18?/m0/s1. The maximum atomic E-state index is 12.3. The van der Waals surface area contributed by atoms with Crippen LogP contribution >= 0.6 is 0 Å². The number of aliphatic hydroxyl groups is 1. The molecule has 0 saturated carbocycles. The number of benzene rings is 1. The van der Waals surface area contributed by atoms with Gasteiger partial charge in [-0.05, 0) is 40.2 Å². The Morgan fingerprint density at radius 1 is 1.12 bits per heavy atom. The molecule has 2 atom stereocenters. The van der Waals surface area contributed by atoms with E-state index in [4.69, 9.17) is 9.47 Å². The molecule has 0 spiro atoms. The number of esters is 1. The summed E-state index contributed by atoms with van der Waals surface area (Å²) in [6.07, 6.45) is -0.818. The number of rotatable bonds is 6. The molecule has 0 fully saturated rings. The topological polar surface area (TPSA) is 102 Å². The minimum Gasteiger partial charge on any atom is -0.458 e. The number of carbonyl (C=O) groups excluding carboxylic acids is 3. The van der Waals surface area contributed by atoms with E-state index in [1.165, 1.54) is 6.92 Å². The number of Topliss-reactive ketones (excluding diaryl/α,β-unsaturated/α-hetero) is 1. The Morgan fingerprint density at radius 2 is 1.68 bits per heavy atom. The second-order valence-electron chi connectivity index (χ2n) is 6.87. The van der Waals surface area contributed by atoms with Gasteiger partial charge in [-0.15, -0.1) is 0 Å². The highest BCUT2D eigenvalue weighted by atomic mass is 16.6. The first-order valence-electron chi connectivity index (χ1n) is 7.91. The molecule has 0 aliphatic rings. The van der Waals surface area contributed by atoms with Gasteiger partial charge < -0.3 is 19.9 Å². The van der Waals surface area contributed by atoms with Crippen LogP contribution in [0.25, 0.3) is 0 Å². The van der Waals surface area contributed by atoms with Crippen LogP contribution in [0.2, 0.25) is 0 Å². The molecule has 0 heterocycles. The molecule has 0 saturated heterocycles. The minimum atomic E-state index is -2.39. The molecule has 1 amide bonds. The van der Waals surface area contributed by atoms with E-state index in [9.17, 15) is 19.5 Å². The van der Waals surface area contributed by atoms with Crippen LogP contribution < -0.4 is 5.32 Å². The number of alkyl carbamates (subject to hydrolysis) is 1. The third-order valence-corrected chi connectivity index (χ3v) is 3.22. The Balaban J connectivity index is 2.64. The van der Waals surface area contributed by atoms with Crippen molar-refractivity contribution >= 4 is 17.8 Å². The average Bonchev–Trinajstić information content (AvgIpc) is 2.50. The number of nitrogens with one attached hydrogen (secondary N) is 1. The number of ether oxygens (including phenoxy) is 2. The van der Waals surface area contributed by atoms with E-state index in [2.05, 4.69) is 5.32 Å². The number of hydrogen-bond acceptors (Lipinski definition) is 6. The molecule has 0 aromatic heterocycles. The Hall–Kier alpha value is -2.41. The van der Waals surface area contributed by atoms with Crippen LogP contribution in [0.15, 0.2) is 30.3 Å². The summed E-state index contributed by atoms with van der Waals surface area (Å²) >= 11 is 0. The lowest BCUT2D eigenvalue weighted by molar-refractivity contribution is -0.170. The van der Waals surface area contributed by atoms with Gasteiger partial charge >= 0.3 is 12.1 Å². The van der Waals surface area contributed by atoms with Crippen molar-refractivity contribution < 1.29 is 29.0 Å². The van der Waals surface area contributed by atoms with Crippen LogP contribution in [0.1, 0.15) is 40.2 Å². The monoisotopic (exact) mass is 351 g/mol. The molecule has 0 aliphatic heterocycles. The molecule has 7 heteroatoms. The third kappa shape index (κ3) is 6.54. The van der Waals surface area contributed by atoms with Crippen molar-refractivity contribution in [3.63, 3.8) is 0 Å². The maximum Gasteiger partial charge on any atom is 0.408 e. The van der Waals surface area contributed by atoms with Gasteiger partial charge in [0.05, 0.1) is 6.04 Å². The zero-order valence-corrected chi connectivity index (χ0v) is 15.2. The summed E-state index contributed by atoms with van der Waals surface area (Å²) in [4.78, 5) is 36.1. The van der Waals surface area contributed by atoms with Gasteiger partial charge in [0.25, 0.3) is 0 Å². The summed E-state index contributed by atoms with van der Waals surface area (Å²) in [6.45, 7) is 7.35. The van der Waals surface area contributed by atoms with Crippen molar-refractivity contribution in [3.05, 3.63) is 35.9 Å². The quantitative estimate of drug-likeness (QED) is 0.600. The molecule has 1 aromatic carbocycles. The van der Waals surface area contributed by atoms with Crippen molar-refractivity contribution in [2.75, 3.05) is 0 Å². The smallest absolute Gasteiger partial charge is 0.408 e. The molecular formula is C18H25NO6. The van der Waals surface area contributed by atoms with E-state index in [1.54, 1.807) is 45.0 Å². The highest BCUT2D eigenvalue weighted by Crippen LogP contribution is 2.14. The summed E-state index contributed by atoms with van der Waals surface area (Å²) < 4.78 is 10.0. The number of hydrogen-bond donors (Lipinski definition) is 2. The largest absolute Gasteiger partial charge is 0.458 e. The summed E-state index contributed by atoms with van der Waals surface area (Å²) in [6, 6.07) is 7.73. The first-order chi connectivity index (χ1) is 11.4. The van der Waals surface area contributed by atoms with Gasteiger partial charge in [0.15, 0.2) is 5.78 Å². The fourth-order valence-corrected chi connectivity index (χ4v) is 1.94. The number of ketones is 1. The third-order valence-electron chi connectivity index (χ3n) is 3.22. The first-order valence-corrected chi connectivity index (χ1v) is 7.91. The summed E-state index contributed by atoms with van der Waals surface area (Å²) in [7, 11) is 0. The summed E-state index contributed by atoms with van der Waals surface area (Å²) in [5.74, 6) is -1.98. The fraction of sp³-hybridized carbons (Fsp3) is 0.500. The normalized spacial score (nSPS) is 14.8. The summed E-state index contributed by atoms with van der Waals surface area (Å²) in [5, 5.41) is 12.5. The highest BCUT2D eigenvalue weighted by Gasteiger charge is 2.43.